The zero-order valence-corrected chi connectivity index (χ0v) is 19.8. The van der Waals surface area contributed by atoms with Crippen LogP contribution in [0.2, 0.25) is 0 Å². The average Bonchev–Trinajstić information content (AvgIpc) is 3.62. The van der Waals surface area contributed by atoms with Gasteiger partial charge in [-0.25, -0.2) is 4.98 Å². The van der Waals surface area contributed by atoms with Crippen LogP contribution in [-0.2, 0) is 6.54 Å². The van der Waals surface area contributed by atoms with Crippen molar-refractivity contribution in [3.63, 3.8) is 0 Å². The maximum absolute atomic E-state index is 13.0. The fourth-order valence-electron chi connectivity index (χ4n) is 4.06. The maximum Gasteiger partial charge on any atom is 0.260 e. The predicted molar refractivity (Wildman–Crippen MR) is 134 cm³/mol. The summed E-state index contributed by atoms with van der Waals surface area (Å²) in [5, 5.41) is 13.1. The second-order valence-electron chi connectivity index (χ2n) is 8.51. The van der Waals surface area contributed by atoms with Crippen molar-refractivity contribution in [2.24, 2.45) is 0 Å². The van der Waals surface area contributed by atoms with Crippen LogP contribution >= 0.6 is 11.3 Å². The third-order valence-corrected chi connectivity index (χ3v) is 6.81. The summed E-state index contributed by atoms with van der Waals surface area (Å²) in [5.74, 6) is 2.12. The Hall–Kier alpha value is -3.20. The van der Waals surface area contributed by atoms with Crippen LogP contribution in [0.1, 0.15) is 18.7 Å². The molecule has 34 heavy (non-hydrogen) atoms. The van der Waals surface area contributed by atoms with Crippen molar-refractivity contribution < 1.29 is 14.6 Å². The minimum atomic E-state index is -0.639. The van der Waals surface area contributed by atoms with Gasteiger partial charge in [-0.05, 0) is 42.7 Å². The molecule has 0 amide bonds. The van der Waals surface area contributed by atoms with Crippen LogP contribution in [0.3, 0.4) is 0 Å². The number of aromatic nitrogens is 2. The molecule has 1 aliphatic rings. The highest BCUT2D eigenvalue weighted by Gasteiger charge is 2.31. The summed E-state index contributed by atoms with van der Waals surface area (Å²) in [6.07, 6.45) is 1.53. The Morgan fingerprint density at radius 3 is 2.62 bits per heavy atom. The number of nitrogens with zero attached hydrogens (tertiary/aromatic N) is 2. The van der Waals surface area contributed by atoms with Gasteiger partial charge in [0.15, 0.2) is 0 Å². The van der Waals surface area contributed by atoms with E-state index < -0.39 is 6.10 Å². The average molecular weight is 478 g/mol. The Labute approximate surface area is 201 Å². The molecule has 176 valence electrons. The third kappa shape index (κ3) is 5.14. The third-order valence-electron chi connectivity index (χ3n) is 5.94. The number of fused-ring (bicyclic) bond motifs is 1. The number of aromatic amines is 1. The van der Waals surface area contributed by atoms with E-state index in [1.54, 1.807) is 7.11 Å². The van der Waals surface area contributed by atoms with Crippen molar-refractivity contribution in [2.75, 3.05) is 20.3 Å². The quantitative estimate of drug-likeness (QED) is 0.358. The highest BCUT2D eigenvalue weighted by Crippen LogP contribution is 2.32. The molecule has 1 saturated carbocycles. The molecule has 0 bridgehead atoms. The summed E-state index contributed by atoms with van der Waals surface area (Å²) in [6.45, 7) is 1.15. The molecule has 7 nitrogen and oxygen atoms in total. The van der Waals surface area contributed by atoms with Crippen molar-refractivity contribution in [1.29, 1.82) is 0 Å². The van der Waals surface area contributed by atoms with E-state index in [0.29, 0.717) is 35.2 Å². The van der Waals surface area contributed by atoms with Crippen molar-refractivity contribution >= 4 is 21.6 Å². The Morgan fingerprint density at radius 1 is 1.15 bits per heavy atom. The smallest absolute Gasteiger partial charge is 0.260 e. The molecule has 0 aliphatic heterocycles. The lowest BCUT2D eigenvalue weighted by atomic mass is 10.1. The molecule has 2 aromatic carbocycles. The van der Waals surface area contributed by atoms with E-state index in [4.69, 9.17) is 14.5 Å². The van der Waals surface area contributed by atoms with E-state index in [0.717, 1.165) is 35.5 Å². The number of aliphatic hydroxyl groups excluding tert-OH is 1. The molecule has 2 aromatic heterocycles. The lowest BCUT2D eigenvalue weighted by Gasteiger charge is -2.24. The van der Waals surface area contributed by atoms with Gasteiger partial charge in [-0.2, -0.15) is 0 Å². The molecule has 1 atom stereocenters. The maximum atomic E-state index is 13.0. The van der Waals surface area contributed by atoms with Crippen LogP contribution < -0.4 is 15.0 Å². The van der Waals surface area contributed by atoms with E-state index in [1.807, 2.05) is 60.0 Å². The molecule has 1 aliphatic carbocycles. The van der Waals surface area contributed by atoms with Gasteiger partial charge in [0, 0.05) is 23.5 Å². The van der Waals surface area contributed by atoms with Crippen LogP contribution in [0, 0.1) is 0 Å². The number of H-pyrrole nitrogens is 1. The van der Waals surface area contributed by atoms with E-state index in [1.165, 1.54) is 11.3 Å². The summed E-state index contributed by atoms with van der Waals surface area (Å²) in [6, 6.07) is 17.5. The molecular weight excluding hydrogens is 450 g/mol. The molecule has 8 heteroatoms. The molecule has 5 rings (SSSR count). The van der Waals surface area contributed by atoms with Crippen molar-refractivity contribution in [1.82, 2.24) is 14.9 Å². The van der Waals surface area contributed by atoms with Gasteiger partial charge in [-0.3, -0.25) is 9.69 Å². The summed E-state index contributed by atoms with van der Waals surface area (Å²) in [7, 11) is 1.63. The van der Waals surface area contributed by atoms with Gasteiger partial charge in [0.05, 0.1) is 19.0 Å². The second-order valence-corrected chi connectivity index (χ2v) is 9.37. The van der Waals surface area contributed by atoms with Gasteiger partial charge in [-0.15, -0.1) is 11.3 Å². The first-order valence-corrected chi connectivity index (χ1v) is 12.2. The number of nitrogens with one attached hydrogen (secondary N) is 1. The molecule has 0 radical (unpaired) electrons. The number of ether oxygens (including phenoxy) is 2. The van der Waals surface area contributed by atoms with Crippen LogP contribution in [-0.4, -0.2) is 52.4 Å². The number of aliphatic hydroxyl groups is 1. The normalized spacial score (nSPS) is 14.4. The monoisotopic (exact) mass is 477 g/mol. The number of hydrogen-bond donors (Lipinski definition) is 2. The first-order chi connectivity index (χ1) is 16.6. The van der Waals surface area contributed by atoms with E-state index in [2.05, 4.69) is 9.88 Å². The number of benzene rings is 2. The number of hydrogen-bond acceptors (Lipinski definition) is 7. The predicted octanol–water partition coefficient (Wildman–Crippen LogP) is 4.06. The molecule has 0 spiro atoms. The first-order valence-electron chi connectivity index (χ1n) is 11.4. The van der Waals surface area contributed by atoms with Crippen molar-refractivity contribution in [3.05, 3.63) is 76.2 Å². The Kier molecular flexibility index (Phi) is 6.62. The van der Waals surface area contributed by atoms with Crippen molar-refractivity contribution in [2.45, 2.75) is 31.5 Å². The van der Waals surface area contributed by atoms with Crippen LogP contribution in [0.25, 0.3) is 21.3 Å². The zero-order valence-electron chi connectivity index (χ0n) is 18.9. The van der Waals surface area contributed by atoms with Gasteiger partial charge in [0.25, 0.3) is 5.56 Å². The largest absolute Gasteiger partial charge is 0.497 e. The lowest BCUT2D eigenvalue weighted by molar-refractivity contribution is 0.0617. The summed E-state index contributed by atoms with van der Waals surface area (Å²) >= 11 is 1.47. The highest BCUT2D eigenvalue weighted by atomic mass is 32.1. The molecular formula is C26H27N3O4S. The number of para-hydroxylation sites is 1. The second kappa shape index (κ2) is 9.97. The molecule has 0 unspecified atom stereocenters. The first kappa shape index (κ1) is 22.6. The highest BCUT2D eigenvalue weighted by molar-refractivity contribution is 7.17. The fourth-order valence-corrected chi connectivity index (χ4v) is 5.03. The number of rotatable bonds is 10. The minimum absolute atomic E-state index is 0.143. The van der Waals surface area contributed by atoms with Gasteiger partial charge >= 0.3 is 0 Å². The fraction of sp³-hybridized carbons (Fsp3) is 0.308. The van der Waals surface area contributed by atoms with Crippen molar-refractivity contribution in [3.8, 4) is 22.6 Å². The van der Waals surface area contributed by atoms with Gasteiger partial charge in [0.2, 0.25) is 0 Å². The minimum Gasteiger partial charge on any atom is -0.497 e. The summed E-state index contributed by atoms with van der Waals surface area (Å²) in [4.78, 5) is 23.6. The molecule has 1 fully saturated rings. The van der Waals surface area contributed by atoms with Crippen LogP contribution in [0.5, 0.6) is 11.5 Å². The van der Waals surface area contributed by atoms with E-state index in [-0.39, 0.29) is 12.2 Å². The van der Waals surface area contributed by atoms with Gasteiger partial charge in [-0.1, -0.05) is 30.3 Å². The summed E-state index contributed by atoms with van der Waals surface area (Å²) in [5.41, 5.74) is 1.68. The Morgan fingerprint density at radius 2 is 1.91 bits per heavy atom. The zero-order chi connectivity index (χ0) is 23.5. The van der Waals surface area contributed by atoms with E-state index >= 15 is 0 Å². The summed E-state index contributed by atoms with van der Waals surface area (Å²) < 4.78 is 10.9. The van der Waals surface area contributed by atoms with Gasteiger partial charge < -0.3 is 19.6 Å². The molecule has 0 saturated heterocycles. The molecule has 2 heterocycles. The molecule has 2 N–H and O–H groups in total. The number of thiophene rings is 1. The lowest BCUT2D eigenvalue weighted by Crippen LogP contribution is -2.37. The number of methoxy groups -OCH3 is 1. The SMILES string of the molecule is COc1ccc(-c2csc3nc(CN(C[C@H](O)COc4ccccc4)C4CC4)[nH]c(=O)c23)cc1. The van der Waals surface area contributed by atoms with Crippen LogP contribution in [0.15, 0.2) is 64.8 Å². The van der Waals surface area contributed by atoms with E-state index in [9.17, 15) is 9.90 Å². The van der Waals surface area contributed by atoms with Crippen LogP contribution in [0.4, 0.5) is 0 Å². The standard InChI is InChI=1S/C26H27N3O4S/c1-32-20-11-7-17(8-12-20)22-16-34-26-24(22)25(31)27-23(28-26)14-29(18-9-10-18)13-19(30)15-33-21-5-3-2-4-6-21/h2-8,11-12,16,18-19,30H,9-10,13-15H2,1H3,(H,27,28,31)/t19-/m0/s1. The molecule has 4 aromatic rings. The Bertz CT molecular complexity index is 1300. The Balaban J connectivity index is 1.30. The topological polar surface area (TPSA) is 87.7 Å². The van der Waals surface area contributed by atoms with Gasteiger partial charge in [0.1, 0.15) is 34.9 Å².